The number of carbonyl (C=O) groups excluding carboxylic acids is 1. The van der Waals surface area contributed by atoms with Crippen LogP contribution < -0.4 is 15.2 Å². The molecule has 2 fully saturated rings. The molecule has 0 spiro atoms. The maximum atomic E-state index is 13.6. The fourth-order valence-corrected chi connectivity index (χ4v) is 7.21. The van der Waals surface area contributed by atoms with E-state index in [1.807, 2.05) is 12.1 Å². The first-order valence-electron chi connectivity index (χ1n) is 13.1. The van der Waals surface area contributed by atoms with Crippen molar-refractivity contribution in [3.63, 3.8) is 0 Å². The Labute approximate surface area is 227 Å². The number of benzene rings is 1. The molecule has 2 aromatic heterocycles. The first kappa shape index (κ1) is 26.9. The van der Waals surface area contributed by atoms with Crippen LogP contribution in [-0.2, 0) is 26.0 Å². The van der Waals surface area contributed by atoms with Gasteiger partial charge in [0.1, 0.15) is 23.7 Å². The molecule has 5 rings (SSSR count). The van der Waals surface area contributed by atoms with E-state index >= 15 is 0 Å². The van der Waals surface area contributed by atoms with Gasteiger partial charge in [-0.05, 0) is 55.2 Å². The second-order valence-corrected chi connectivity index (χ2v) is 13.0. The number of sulfonamides is 1. The number of nitrogen functional groups attached to an aromatic ring is 1. The van der Waals surface area contributed by atoms with E-state index in [-0.39, 0.29) is 23.3 Å². The van der Waals surface area contributed by atoms with Gasteiger partial charge in [-0.3, -0.25) is 4.79 Å². The quantitative estimate of drug-likeness (QED) is 0.433. The molecule has 11 heteroatoms. The molecule has 1 atom stereocenters. The van der Waals surface area contributed by atoms with Gasteiger partial charge in [-0.15, -0.1) is 11.3 Å². The van der Waals surface area contributed by atoms with Crippen molar-refractivity contribution in [3.8, 4) is 5.75 Å². The Kier molecular flexibility index (Phi) is 8.18. The zero-order valence-corrected chi connectivity index (χ0v) is 23.1. The summed E-state index contributed by atoms with van der Waals surface area (Å²) in [5.41, 5.74) is 6.03. The number of hydrogen-bond acceptors (Lipinski definition) is 8. The number of aromatic nitrogens is 1. The third-order valence-corrected chi connectivity index (χ3v) is 9.84. The fourth-order valence-electron chi connectivity index (χ4n) is 4.91. The van der Waals surface area contributed by atoms with Crippen molar-refractivity contribution in [1.29, 1.82) is 0 Å². The second-order valence-electron chi connectivity index (χ2n) is 10.1. The van der Waals surface area contributed by atoms with Crippen molar-refractivity contribution in [3.05, 3.63) is 47.5 Å². The number of nitrogens with one attached hydrogen (secondary N) is 1. The lowest BCUT2D eigenvalue weighted by molar-refractivity contribution is -0.134. The number of amides is 1. The SMILES string of the molecule is CC1CCN(C(=O)C(Cc2cc3c(N)nccc3s2)NS(=O)(=O)c2ccc(OC3CCOCC3)cc2)CC1. The fraction of sp³-hybridized carbons (Fsp3) is 0.481. The Hall–Kier alpha value is -2.73. The normalized spacial score (nSPS) is 18.5. The molecule has 2 aliphatic heterocycles. The van der Waals surface area contributed by atoms with Gasteiger partial charge in [-0.2, -0.15) is 4.72 Å². The molecule has 1 aromatic carbocycles. The number of likely N-dealkylation sites (tertiary alicyclic amines) is 1. The van der Waals surface area contributed by atoms with Gasteiger partial charge in [-0.1, -0.05) is 6.92 Å². The topological polar surface area (TPSA) is 124 Å². The summed E-state index contributed by atoms with van der Waals surface area (Å²) < 4.78 is 41.9. The molecular formula is C27H34N4O5S2. The maximum Gasteiger partial charge on any atom is 0.241 e. The van der Waals surface area contributed by atoms with Crippen molar-refractivity contribution in [2.45, 2.75) is 56.1 Å². The standard InChI is InChI=1S/C27H34N4O5S2/c1-18-7-12-31(13-8-18)27(32)24(17-21-16-23-25(37-21)6-11-29-26(23)28)30-38(33,34)22-4-2-19(3-5-22)36-20-9-14-35-15-10-20/h2-6,11,16,18,20,24,30H,7-10,12-15,17H2,1H3,(H2,28,29). The highest BCUT2D eigenvalue weighted by Crippen LogP contribution is 2.30. The first-order valence-corrected chi connectivity index (χ1v) is 15.4. The van der Waals surface area contributed by atoms with E-state index in [9.17, 15) is 13.2 Å². The average Bonchev–Trinajstić information content (AvgIpc) is 3.33. The van der Waals surface area contributed by atoms with Gasteiger partial charge < -0.3 is 20.1 Å². The molecule has 38 heavy (non-hydrogen) atoms. The lowest BCUT2D eigenvalue weighted by atomic mass is 9.98. The minimum absolute atomic E-state index is 0.0594. The molecule has 9 nitrogen and oxygen atoms in total. The van der Waals surface area contributed by atoms with Crippen molar-refractivity contribution in [2.24, 2.45) is 5.92 Å². The number of pyridine rings is 1. The van der Waals surface area contributed by atoms with Gasteiger partial charge in [0.05, 0.1) is 18.1 Å². The van der Waals surface area contributed by atoms with E-state index in [2.05, 4.69) is 16.6 Å². The molecule has 1 unspecified atom stereocenters. The van der Waals surface area contributed by atoms with Crippen LogP contribution in [0.1, 0.15) is 37.5 Å². The summed E-state index contributed by atoms with van der Waals surface area (Å²) in [6, 6.07) is 9.20. The largest absolute Gasteiger partial charge is 0.490 e. The maximum absolute atomic E-state index is 13.6. The van der Waals surface area contributed by atoms with Crippen LogP contribution in [0.5, 0.6) is 5.75 Å². The molecule has 0 aliphatic carbocycles. The third-order valence-electron chi connectivity index (χ3n) is 7.23. The highest BCUT2D eigenvalue weighted by molar-refractivity contribution is 7.89. The van der Waals surface area contributed by atoms with Gasteiger partial charge in [0.15, 0.2) is 0 Å². The smallest absolute Gasteiger partial charge is 0.241 e. The number of anilines is 1. The molecule has 1 amide bonds. The number of rotatable bonds is 8. The molecule has 0 radical (unpaired) electrons. The molecule has 3 N–H and O–H groups in total. The Morgan fingerprint density at radius 3 is 2.58 bits per heavy atom. The molecule has 2 saturated heterocycles. The lowest BCUT2D eigenvalue weighted by Gasteiger charge is -2.33. The number of ether oxygens (including phenoxy) is 2. The minimum atomic E-state index is -3.97. The van der Waals surface area contributed by atoms with Crippen LogP contribution >= 0.6 is 11.3 Å². The Morgan fingerprint density at radius 2 is 1.89 bits per heavy atom. The summed E-state index contributed by atoms with van der Waals surface area (Å²) in [5, 5.41) is 0.813. The summed E-state index contributed by atoms with van der Waals surface area (Å²) in [4.78, 5) is 20.5. The van der Waals surface area contributed by atoms with E-state index in [0.717, 1.165) is 40.6 Å². The summed E-state index contributed by atoms with van der Waals surface area (Å²) >= 11 is 1.49. The number of carbonyl (C=O) groups is 1. The van der Waals surface area contributed by atoms with E-state index in [0.29, 0.717) is 43.8 Å². The summed E-state index contributed by atoms with van der Waals surface area (Å²) in [7, 11) is -3.97. The summed E-state index contributed by atoms with van der Waals surface area (Å²) in [6.45, 7) is 4.75. The Bertz CT molecular complexity index is 1360. The molecule has 4 heterocycles. The number of nitrogens with zero attached hydrogens (tertiary/aromatic N) is 2. The molecule has 0 saturated carbocycles. The van der Waals surface area contributed by atoms with Crippen molar-refractivity contribution in [2.75, 3.05) is 32.0 Å². The van der Waals surface area contributed by atoms with Crippen LogP contribution in [0.4, 0.5) is 5.82 Å². The number of thiophene rings is 1. The number of piperidine rings is 1. The van der Waals surface area contributed by atoms with Crippen LogP contribution in [0.25, 0.3) is 10.1 Å². The van der Waals surface area contributed by atoms with Gasteiger partial charge in [0, 0.05) is 53.5 Å². The zero-order valence-electron chi connectivity index (χ0n) is 21.5. The van der Waals surface area contributed by atoms with E-state index in [1.165, 1.54) is 23.5 Å². The van der Waals surface area contributed by atoms with Crippen LogP contribution in [-0.4, -0.2) is 62.7 Å². The Balaban J connectivity index is 1.35. The van der Waals surface area contributed by atoms with Gasteiger partial charge >= 0.3 is 0 Å². The Morgan fingerprint density at radius 1 is 1.18 bits per heavy atom. The lowest BCUT2D eigenvalue weighted by Crippen LogP contribution is -2.51. The molecule has 2 aliphatic rings. The third kappa shape index (κ3) is 6.28. The van der Waals surface area contributed by atoms with Crippen LogP contribution in [0.3, 0.4) is 0 Å². The summed E-state index contributed by atoms with van der Waals surface area (Å²) in [6.07, 6.45) is 5.36. The molecule has 3 aromatic rings. The molecule has 0 bridgehead atoms. The number of hydrogen-bond donors (Lipinski definition) is 2. The summed E-state index contributed by atoms with van der Waals surface area (Å²) in [5.74, 6) is 1.38. The number of nitrogens with two attached hydrogens (primary N) is 1. The van der Waals surface area contributed by atoms with Crippen molar-refractivity contribution < 1.29 is 22.7 Å². The van der Waals surface area contributed by atoms with Crippen LogP contribution in [0.2, 0.25) is 0 Å². The predicted octanol–water partition coefficient (Wildman–Crippen LogP) is 3.58. The van der Waals surface area contributed by atoms with E-state index in [4.69, 9.17) is 15.2 Å². The zero-order chi connectivity index (χ0) is 26.7. The minimum Gasteiger partial charge on any atom is -0.490 e. The second kappa shape index (κ2) is 11.6. The molecule has 204 valence electrons. The van der Waals surface area contributed by atoms with Crippen molar-refractivity contribution >= 4 is 43.2 Å². The van der Waals surface area contributed by atoms with Gasteiger partial charge in [0.2, 0.25) is 15.9 Å². The predicted molar refractivity (Wildman–Crippen MR) is 148 cm³/mol. The van der Waals surface area contributed by atoms with Crippen LogP contribution in [0.15, 0.2) is 47.5 Å². The van der Waals surface area contributed by atoms with Crippen LogP contribution in [0, 0.1) is 5.92 Å². The van der Waals surface area contributed by atoms with Crippen molar-refractivity contribution in [1.82, 2.24) is 14.6 Å². The van der Waals surface area contributed by atoms with E-state index in [1.54, 1.807) is 23.2 Å². The first-order chi connectivity index (χ1) is 18.3. The number of fused-ring (bicyclic) bond motifs is 1. The molecular weight excluding hydrogens is 524 g/mol. The van der Waals surface area contributed by atoms with Gasteiger partial charge in [0.25, 0.3) is 0 Å². The highest BCUT2D eigenvalue weighted by Gasteiger charge is 2.32. The highest BCUT2D eigenvalue weighted by atomic mass is 32.2. The average molecular weight is 559 g/mol. The van der Waals surface area contributed by atoms with Gasteiger partial charge in [-0.25, -0.2) is 13.4 Å². The van der Waals surface area contributed by atoms with E-state index < -0.39 is 16.1 Å². The monoisotopic (exact) mass is 558 g/mol.